The number of aliphatic hydroxyl groups excluding tert-OH is 1. The highest BCUT2D eigenvalue weighted by Crippen LogP contribution is 2.23. The van der Waals surface area contributed by atoms with Crippen LogP contribution in [0.25, 0.3) is 0 Å². The number of nitrogens with one attached hydrogen (secondary N) is 1. The molecule has 2 aromatic carbocycles. The molecule has 0 aliphatic rings. The van der Waals surface area contributed by atoms with E-state index in [1.54, 1.807) is 6.07 Å². The van der Waals surface area contributed by atoms with Crippen LogP contribution in [0.5, 0.6) is 5.75 Å². The first kappa shape index (κ1) is 14.5. The molecule has 0 aliphatic carbocycles. The molecule has 2 aromatic rings. The summed E-state index contributed by atoms with van der Waals surface area (Å²) < 4.78 is 19.4. The number of halogens is 1. The maximum absolute atomic E-state index is 13.8. The van der Waals surface area contributed by atoms with Crippen LogP contribution in [0.4, 0.5) is 4.39 Å². The van der Waals surface area contributed by atoms with E-state index >= 15 is 0 Å². The van der Waals surface area contributed by atoms with E-state index in [1.807, 2.05) is 37.4 Å². The van der Waals surface area contributed by atoms with E-state index in [0.29, 0.717) is 13.2 Å². The van der Waals surface area contributed by atoms with Crippen LogP contribution < -0.4 is 10.1 Å². The first-order valence-electron chi connectivity index (χ1n) is 6.48. The summed E-state index contributed by atoms with van der Waals surface area (Å²) in [6.45, 7) is 0.862. The average Bonchev–Trinajstić information content (AvgIpc) is 2.47. The van der Waals surface area contributed by atoms with Crippen molar-refractivity contribution in [1.29, 1.82) is 0 Å². The molecule has 0 aliphatic heterocycles. The van der Waals surface area contributed by atoms with Crippen LogP contribution >= 0.6 is 0 Å². The van der Waals surface area contributed by atoms with E-state index in [1.165, 1.54) is 6.07 Å². The van der Waals surface area contributed by atoms with E-state index in [9.17, 15) is 4.39 Å². The molecule has 0 aromatic heterocycles. The molecule has 0 radical (unpaired) electrons. The van der Waals surface area contributed by atoms with Crippen LogP contribution in [0.1, 0.15) is 16.7 Å². The smallest absolute Gasteiger partial charge is 0.165 e. The standard InChI is InChI=1S/C16H18FNO2/c1-18-9-14-3-2-4-15(17)16(14)20-11-13-7-5-12(10-19)6-8-13/h2-8,18-19H,9-11H2,1H3. The van der Waals surface area contributed by atoms with Crippen LogP contribution in [-0.4, -0.2) is 12.2 Å². The highest BCUT2D eigenvalue weighted by Gasteiger charge is 2.09. The van der Waals surface area contributed by atoms with Crippen LogP contribution in [-0.2, 0) is 19.8 Å². The zero-order chi connectivity index (χ0) is 14.4. The van der Waals surface area contributed by atoms with Gasteiger partial charge < -0.3 is 15.2 Å². The van der Waals surface area contributed by atoms with Gasteiger partial charge in [-0.05, 0) is 24.2 Å². The van der Waals surface area contributed by atoms with Crippen LogP contribution in [0.15, 0.2) is 42.5 Å². The molecule has 0 spiro atoms. The van der Waals surface area contributed by atoms with Crippen LogP contribution in [0, 0.1) is 5.82 Å². The van der Waals surface area contributed by atoms with Gasteiger partial charge in [-0.1, -0.05) is 36.4 Å². The SMILES string of the molecule is CNCc1cccc(F)c1OCc1ccc(CO)cc1. The number of ether oxygens (including phenoxy) is 1. The summed E-state index contributed by atoms with van der Waals surface area (Å²) >= 11 is 0. The summed E-state index contributed by atoms with van der Waals surface area (Å²) in [7, 11) is 1.81. The minimum atomic E-state index is -0.357. The number of para-hydroxylation sites is 1. The molecule has 3 nitrogen and oxygen atoms in total. The second-order valence-corrected chi connectivity index (χ2v) is 4.52. The average molecular weight is 275 g/mol. The van der Waals surface area contributed by atoms with Crippen molar-refractivity contribution in [2.45, 2.75) is 19.8 Å². The van der Waals surface area contributed by atoms with Crippen LogP contribution in [0.3, 0.4) is 0 Å². The third-order valence-corrected chi connectivity index (χ3v) is 3.00. The molecule has 0 bridgehead atoms. The third-order valence-electron chi connectivity index (χ3n) is 3.00. The fraction of sp³-hybridized carbons (Fsp3) is 0.250. The first-order chi connectivity index (χ1) is 9.74. The van der Waals surface area contributed by atoms with Crippen molar-refractivity contribution in [2.24, 2.45) is 0 Å². The second-order valence-electron chi connectivity index (χ2n) is 4.52. The van der Waals surface area contributed by atoms with Crippen molar-refractivity contribution >= 4 is 0 Å². The summed E-state index contributed by atoms with van der Waals surface area (Å²) in [6.07, 6.45) is 0. The molecule has 2 N–H and O–H groups in total. The fourth-order valence-corrected chi connectivity index (χ4v) is 1.94. The Bertz CT molecular complexity index is 555. The topological polar surface area (TPSA) is 41.5 Å². The summed E-state index contributed by atoms with van der Waals surface area (Å²) in [5.41, 5.74) is 2.57. The van der Waals surface area contributed by atoms with Crippen molar-refractivity contribution < 1.29 is 14.2 Å². The second kappa shape index (κ2) is 7.03. The number of hydrogen-bond donors (Lipinski definition) is 2. The zero-order valence-corrected chi connectivity index (χ0v) is 11.4. The summed E-state index contributed by atoms with van der Waals surface area (Å²) in [5, 5.41) is 12.0. The number of aliphatic hydroxyl groups is 1. The Balaban J connectivity index is 2.09. The molecular weight excluding hydrogens is 257 g/mol. The summed E-state index contributed by atoms with van der Waals surface area (Å²) in [6, 6.07) is 12.3. The number of rotatable bonds is 6. The van der Waals surface area contributed by atoms with Gasteiger partial charge in [0.15, 0.2) is 11.6 Å². The fourth-order valence-electron chi connectivity index (χ4n) is 1.94. The van der Waals surface area contributed by atoms with Gasteiger partial charge in [-0.2, -0.15) is 0 Å². The van der Waals surface area contributed by atoms with Gasteiger partial charge in [-0.15, -0.1) is 0 Å². The summed E-state index contributed by atoms with van der Waals surface area (Å²) in [5.74, 6) is -0.0715. The first-order valence-corrected chi connectivity index (χ1v) is 6.48. The number of benzene rings is 2. The molecule has 0 heterocycles. The summed E-state index contributed by atoms with van der Waals surface area (Å²) in [4.78, 5) is 0. The van der Waals surface area contributed by atoms with Crippen LogP contribution in [0.2, 0.25) is 0 Å². The Hall–Kier alpha value is -1.91. The normalized spacial score (nSPS) is 10.6. The monoisotopic (exact) mass is 275 g/mol. The van der Waals surface area contributed by atoms with Gasteiger partial charge in [0, 0.05) is 12.1 Å². The molecule has 0 saturated carbocycles. The Morgan fingerprint density at radius 1 is 1.10 bits per heavy atom. The Morgan fingerprint density at radius 2 is 1.80 bits per heavy atom. The molecule has 20 heavy (non-hydrogen) atoms. The lowest BCUT2D eigenvalue weighted by molar-refractivity contribution is 0.280. The van der Waals surface area contributed by atoms with Gasteiger partial charge in [-0.3, -0.25) is 0 Å². The Labute approximate surface area is 118 Å². The van der Waals surface area contributed by atoms with E-state index in [0.717, 1.165) is 16.7 Å². The van der Waals surface area contributed by atoms with Crippen molar-refractivity contribution in [2.75, 3.05) is 7.05 Å². The van der Waals surface area contributed by atoms with Gasteiger partial charge in [0.2, 0.25) is 0 Å². The van der Waals surface area contributed by atoms with Crippen molar-refractivity contribution in [3.8, 4) is 5.75 Å². The highest BCUT2D eigenvalue weighted by atomic mass is 19.1. The molecule has 0 saturated heterocycles. The lowest BCUT2D eigenvalue weighted by Crippen LogP contribution is -2.08. The minimum Gasteiger partial charge on any atom is -0.485 e. The van der Waals surface area contributed by atoms with Crippen molar-refractivity contribution in [3.05, 3.63) is 65.0 Å². The molecule has 0 amide bonds. The van der Waals surface area contributed by atoms with Crippen molar-refractivity contribution in [1.82, 2.24) is 5.32 Å². The zero-order valence-electron chi connectivity index (χ0n) is 11.4. The maximum atomic E-state index is 13.8. The molecule has 2 rings (SSSR count). The number of hydrogen-bond acceptors (Lipinski definition) is 3. The van der Waals surface area contributed by atoms with Crippen molar-refractivity contribution in [3.63, 3.8) is 0 Å². The van der Waals surface area contributed by atoms with Gasteiger partial charge in [0.1, 0.15) is 6.61 Å². The third kappa shape index (κ3) is 3.56. The van der Waals surface area contributed by atoms with E-state index < -0.39 is 0 Å². The largest absolute Gasteiger partial charge is 0.485 e. The molecule has 0 atom stereocenters. The molecule has 4 heteroatoms. The Morgan fingerprint density at radius 3 is 2.45 bits per heavy atom. The van der Waals surface area contributed by atoms with E-state index in [4.69, 9.17) is 9.84 Å². The minimum absolute atomic E-state index is 0.0147. The molecule has 0 unspecified atom stereocenters. The lowest BCUT2D eigenvalue weighted by Gasteiger charge is -2.12. The Kier molecular flexibility index (Phi) is 5.09. The maximum Gasteiger partial charge on any atom is 0.165 e. The van der Waals surface area contributed by atoms with E-state index in [-0.39, 0.29) is 18.2 Å². The highest BCUT2D eigenvalue weighted by molar-refractivity contribution is 5.35. The quantitative estimate of drug-likeness (QED) is 0.851. The lowest BCUT2D eigenvalue weighted by atomic mass is 10.1. The van der Waals surface area contributed by atoms with Gasteiger partial charge >= 0.3 is 0 Å². The molecule has 0 fully saturated rings. The molecular formula is C16H18FNO2. The molecule has 106 valence electrons. The van der Waals surface area contributed by atoms with Gasteiger partial charge in [-0.25, -0.2) is 4.39 Å². The predicted octanol–water partition coefficient (Wildman–Crippen LogP) is 2.62. The van der Waals surface area contributed by atoms with Gasteiger partial charge in [0.25, 0.3) is 0 Å². The van der Waals surface area contributed by atoms with Gasteiger partial charge in [0.05, 0.1) is 6.61 Å². The van der Waals surface area contributed by atoms with E-state index in [2.05, 4.69) is 5.32 Å². The predicted molar refractivity (Wildman–Crippen MR) is 75.9 cm³/mol.